The number of hydrogen-bond donors (Lipinski definition) is 4. The number of aliphatic hydroxyl groups is 1. The van der Waals surface area contributed by atoms with Crippen molar-refractivity contribution in [3.63, 3.8) is 0 Å². The number of alkyl carbamates (subject to hydrolysis) is 1. The lowest BCUT2D eigenvalue weighted by Gasteiger charge is -2.32. The van der Waals surface area contributed by atoms with Crippen molar-refractivity contribution in [2.45, 2.75) is 72.4 Å². The summed E-state index contributed by atoms with van der Waals surface area (Å²) in [6.45, 7) is 12.1. The van der Waals surface area contributed by atoms with E-state index >= 15 is 0 Å². The van der Waals surface area contributed by atoms with Crippen LogP contribution in [0.25, 0.3) is 0 Å². The van der Waals surface area contributed by atoms with Crippen LogP contribution in [-0.2, 0) is 19.0 Å². The Hall–Kier alpha value is -1.03. The zero-order chi connectivity index (χ0) is 21.8. The van der Waals surface area contributed by atoms with Crippen LogP contribution in [0.5, 0.6) is 0 Å². The highest BCUT2D eigenvalue weighted by Crippen LogP contribution is 2.24. The first-order valence-electron chi connectivity index (χ1n) is 9.58. The standard InChI is InChI=1S/C19H38N2O6S/c1-18(2,3)11-14(12-22)26-16(27-19(4,5)6)13-25-17(24)21-8-7-15(23)20-9-10-28/h14,16,22,28H,7-13H2,1-6H3,(H,20,23)(H,21,24). The van der Waals surface area contributed by atoms with Crippen molar-refractivity contribution in [3.05, 3.63) is 0 Å². The van der Waals surface area contributed by atoms with Gasteiger partial charge in [-0.2, -0.15) is 12.6 Å². The second kappa shape index (κ2) is 13.2. The predicted molar refractivity (Wildman–Crippen MR) is 111 cm³/mol. The van der Waals surface area contributed by atoms with Gasteiger partial charge in [0.2, 0.25) is 5.91 Å². The van der Waals surface area contributed by atoms with Gasteiger partial charge in [-0.25, -0.2) is 4.79 Å². The van der Waals surface area contributed by atoms with Gasteiger partial charge in [-0.05, 0) is 32.6 Å². The van der Waals surface area contributed by atoms with Crippen molar-refractivity contribution in [3.8, 4) is 0 Å². The van der Waals surface area contributed by atoms with E-state index in [1.54, 1.807) is 0 Å². The molecule has 0 radical (unpaired) electrons. The number of carbonyl (C=O) groups excluding carboxylic acids is 2. The molecular weight excluding hydrogens is 384 g/mol. The Bertz CT molecular complexity index is 462. The predicted octanol–water partition coefficient (Wildman–Crippen LogP) is 2.10. The van der Waals surface area contributed by atoms with Gasteiger partial charge in [0.15, 0.2) is 6.29 Å². The lowest BCUT2D eigenvalue weighted by atomic mass is 9.89. The van der Waals surface area contributed by atoms with Gasteiger partial charge in [0.25, 0.3) is 0 Å². The van der Waals surface area contributed by atoms with E-state index in [1.165, 1.54) is 0 Å². The van der Waals surface area contributed by atoms with E-state index in [9.17, 15) is 14.7 Å². The lowest BCUT2D eigenvalue weighted by molar-refractivity contribution is -0.236. The van der Waals surface area contributed by atoms with Gasteiger partial charge in [0, 0.05) is 25.3 Å². The molecule has 2 atom stereocenters. The molecule has 2 unspecified atom stereocenters. The Morgan fingerprint density at radius 3 is 2.21 bits per heavy atom. The normalized spacial score (nSPS) is 14.3. The lowest BCUT2D eigenvalue weighted by Crippen LogP contribution is -2.39. The SMILES string of the molecule is CC(C)(C)CC(CO)OC(COC(=O)NCCC(=O)NCCS)OC(C)(C)C. The van der Waals surface area contributed by atoms with Crippen molar-refractivity contribution in [2.24, 2.45) is 5.41 Å². The fourth-order valence-electron chi connectivity index (χ4n) is 2.31. The van der Waals surface area contributed by atoms with E-state index in [0.29, 0.717) is 18.7 Å². The van der Waals surface area contributed by atoms with Gasteiger partial charge >= 0.3 is 6.09 Å². The van der Waals surface area contributed by atoms with Crippen LogP contribution in [0.2, 0.25) is 0 Å². The molecule has 0 aromatic heterocycles. The highest BCUT2D eigenvalue weighted by molar-refractivity contribution is 7.80. The molecule has 0 aromatic carbocycles. The highest BCUT2D eigenvalue weighted by atomic mass is 32.1. The molecule has 166 valence electrons. The minimum atomic E-state index is -0.816. The molecule has 28 heavy (non-hydrogen) atoms. The van der Waals surface area contributed by atoms with E-state index < -0.39 is 24.1 Å². The third-order valence-corrected chi connectivity index (χ3v) is 3.50. The molecule has 0 aliphatic carbocycles. The Morgan fingerprint density at radius 2 is 1.71 bits per heavy atom. The first-order valence-corrected chi connectivity index (χ1v) is 10.2. The average Bonchev–Trinajstić information content (AvgIpc) is 2.54. The Kier molecular flexibility index (Phi) is 12.8. The Balaban J connectivity index is 4.51. The summed E-state index contributed by atoms with van der Waals surface area (Å²) in [5, 5.41) is 14.8. The van der Waals surface area contributed by atoms with Gasteiger partial charge in [-0.15, -0.1) is 0 Å². The molecule has 0 heterocycles. The van der Waals surface area contributed by atoms with Crippen molar-refractivity contribution in [1.82, 2.24) is 10.6 Å². The molecule has 0 aliphatic rings. The van der Waals surface area contributed by atoms with E-state index in [-0.39, 0.29) is 37.5 Å². The quantitative estimate of drug-likeness (QED) is 0.284. The zero-order valence-electron chi connectivity index (χ0n) is 18.0. The summed E-state index contributed by atoms with van der Waals surface area (Å²) in [5.41, 5.74) is -0.553. The summed E-state index contributed by atoms with van der Waals surface area (Å²) < 4.78 is 16.8. The smallest absolute Gasteiger partial charge is 0.407 e. The number of thiol groups is 1. The topological polar surface area (TPSA) is 106 Å². The second-order valence-corrected chi connectivity index (χ2v) is 9.16. The molecule has 0 fully saturated rings. The van der Waals surface area contributed by atoms with Crippen LogP contribution in [-0.4, -0.2) is 67.2 Å². The van der Waals surface area contributed by atoms with Crippen molar-refractivity contribution >= 4 is 24.6 Å². The first-order chi connectivity index (χ1) is 12.9. The second-order valence-electron chi connectivity index (χ2n) is 8.71. The molecule has 0 aromatic rings. The average molecular weight is 423 g/mol. The van der Waals surface area contributed by atoms with E-state index in [2.05, 4.69) is 44.0 Å². The maximum atomic E-state index is 11.9. The van der Waals surface area contributed by atoms with Gasteiger partial charge in [0.1, 0.15) is 6.61 Å². The molecule has 0 aliphatic heterocycles. The van der Waals surface area contributed by atoms with E-state index in [4.69, 9.17) is 14.2 Å². The summed E-state index contributed by atoms with van der Waals surface area (Å²) in [4.78, 5) is 23.3. The fourth-order valence-corrected chi connectivity index (χ4v) is 2.42. The number of carbonyl (C=O) groups is 2. The third kappa shape index (κ3) is 16.0. The number of amides is 2. The maximum Gasteiger partial charge on any atom is 0.407 e. The summed E-state index contributed by atoms with van der Waals surface area (Å²) in [6, 6.07) is 0. The summed E-state index contributed by atoms with van der Waals surface area (Å²) in [6.07, 6.45) is -1.14. The summed E-state index contributed by atoms with van der Waals surface area (Å²) in [7, 11) is 0. The third-order valence-electron chi connectivity index (χ3n) is 3.28. The van der Waals surface area contributed by atoms with Crippen LogP contribution < -0.4 is 10.6 Å². The van der Waals surface area contributed by atoms with Crippen LogP contribution in [0, 0.1) is 5.41 Å². The number of ether oxygens (including phenoxy) is 3. The minimum absolute atomic E-state index is 0.0363. The van der Waals surface area contributed by atoms with Gasteiger partial charge in [0.05, 0.1) is 18.3 Å². The maximum absolute atomic E-state index is 11.9. The number of nitrogens with one attached hydrogen (secondary N) is 2. The number of rotatable bonds is 12. The van der Waals surface area contributed by atoms with Crippen molar-refractivity contribution in [2.75, 3.05) is 32.1 Å². The van der Waals surface area contributed by atoms with Crippen LogP contribution in [0.1, 0.15) is 54.4 Å². The van der Waals surface area contributed by atoms with Gasteiger partial charge in [-0.1, -0.05) is 20.8 Å². The van der Waals surface area contributed by atoms with Gasteiger partial charge in [-0.3, -0.25) is 4.79 Å². The molecule has 3 N–H and O–H groups in total. The highest BCUT2D eigenvalue weighted by Gasteiger charge is 2.27. The first kappa shape index (κ1) is 27.0. The fraction of sp³-hybridized carbons (Fsp3) is 0.895. The summed E-state index contributed by atoms with van der Waals surface area (Å²) >= 11 is 4.00. The monoisotopic (exact) mass is 422 g/mol. The van der Waals surface area contributed by atoms with Crippen LogP contribution >= 0.6 is 12.6 Å². The molecule has 8 nitrogen and oxygen atoms in total. The molecule has 2 amide bonds. The molecule has 0 saturated carbocycles. The molecule has 0 rings (SSSR count). The Morgan fingerprint density at radius 1 is 1.07 bits per heavy atom. The molecule has 0 bridgehead atoms. The van der Waals surface area contributed by atoms with E-state index in [0.717, 1.165) is 0 Å². The van der Waals surface area contributed by atoms with Crippen LogP contribution in [0.3, 0.4) is 0 Å². The summed E-state index contributed by atoms with van der Waals surface area (Å²) in [5.74, 6) is 0.389. The largest absolute Gasteiger partial charge is 0.444 e. The van der Waals surface area contributed by atoms with E-state index in [1.807, 2.05) is 20.8 Å². The van der Waals surface area contributed by atoms with Crippen LogP contribution in [0.4, 0.5) is 4.79 Å². The van der Waals surface area contributed by atoms with Crippen molar-refractivity contribution in [1.29, 1.82) is 0 Å². The molecule has 9 heteroatoms. The van der Waals surface area contributed by atoms with Crippen molar-refractivity contribution < 1.29 is 28.9 Å². The number of aliphatic hydroxyl groups excluding tert-OH is 1. The van der Waals surface area contributed by atoms with Crippen LogP contribution in [0.15, 0.2) is 0 Å². The number of hydrogen-bond acceptors (Lipinski definition) is 7. The Labute approximate surface area is 174 Å². The zero-order valence-corrected chi connectivity index (χ0v) is 18.9. The molecular formula is C19H38N2O6S. The minimum Gasteiger partial charge on any atom is -0.444 e. The van der Waals surface area contributed by atoms with Gasteiger partial charge < -0.3 is 30.0 Å². The molecule has 0 saturated heterocycles. The molecule has 0 spiro atoms.